The number of hydrogen-bond acceptors (Lipinski definition) is 5. The highest BCUT2D eigenvalue weighted by molar-refractivity contribution is 5.93. The Kier molecular flexibility index (Phi) is 6.29. The summed E-state index contributed by atoms with van der Waals surface area (Å²) in [7, 11) is 1.33. The topological polar surface area (TPSA) is 61.3 Å². The van der Waals surface area contributed by atoms with Gasteiger partial charge in [-0.1, -0.05) is 31.6 Å². The van der Waals surface area contributed by atoms with E-state index in [1.54, 1.807) is 6.08 Å². The van der Waals surface area contributed by atoms with Crippen molar-refractivity contribution in [3.05, 3.63) is 53.6 Å². The Balaban J connectivity index is 2.07. The molecule has 2 rings (SSSR count). The minimum atomic E-state index is -0.454. The summed E-state index contributed by atoms with van der Waals surface area (Å²) in [5.41, 5.74) is 1.85. The lowest BCUT2D eigenvalue weighted by Crippen LogP contribution is -2.05. The number of carbonyl (C=O) groups excluding carboxylic acids is 1. The molecule has 1 aromatic carbocycles. The molecule has 1 heterocycles. The van der Waals surface area contributed by atoms with E-state index in [0.717, 1.165) is 30.8 Å². The standard InChI is InChI=1S/C18H20N2O3/c1-3-4-11-23-15-8-5-14(6-9-15)7-10-17-16(18(21)22-2)12-19-13-20-17/h5-10,12-13H,3-4,11H2,1-2H3/b10-7+. The monoisotopic (exact) mass is 312 g/mol. The Morgan fingerprint density at radius 1 is 1.22 bits per heavy atom. The SMILES string of the molecule is CCCCOc1ccc(/C=C/c2ncncc2C(=O)OC)cc1. The number of hydrogen-bond donors (Lipinski definition) is 0. The van der Waals surface area contributed by atoms with Crippen molar-refractivity contribution in [1.82, 2.24) is 9.97 Å². The highest BCUT2D eigenvalue weighted by Gasteiger charge is 2.10. The fourth-order valence-electron chi connectivity index (χ4n) is 1.92. The summed E-state index contributed by atoms with van der Waals surface area (Å²) >= 11 is 0. The number of aromatic nitrogens is 2. The summed E-state index contributed by atoms with van der Waals surface area (Å²) in [6, 6.07) is 7.76. The Morgan fingerprint density at radius 3 is 2.70 bits per heavy atom. The molecule has 0 saturated heterocycles. The highest BCUT2D eigenvalue weighted by Crippen LogP contribution is 2.15. The molecule has 5 heteroatoms. The zero-order valence-corrected chi connectivity index (χ0v) is 13.4. The fraction of sp³-hybridized carbons (Fsp3) is 0.278. The van der Waals surface area contributed by atoms with Gasteiger partial charge in [0.05, 0.1) is 19.4 Å². The van der Waals surface area contributed by atoms with E-state index in [2.05, 4.69) is 16.9 Å². The van der Waals surface area contributed by atoms with Crippen LogP contribution in [0.25, 0.3) is 12.2 Å². The van der Waals surface area contributed by atoms with E-state index >= 15 is 0 Å². The second kappa shape index (κ2) is 8.68. The summed E-state index contributed by atoms with van der Waals surface area (Å²) < 4.78 is 10.3. The van der Waals surface area contributed by atoms with Gasteiger partial charge >= 0.3 is 5.97 Å². The van der Waals surface area contributed by atoms with Crippen LogP contribution >= 0.6 is 0 Å². The van der Waals surface area contributed by atoms with Crippen molar-refractivity contribution in [1.29, 1.82) is 0 Å². The van der Waals surface area contributed by atoms with Crippen molar-refractivity contribution < 1.29 is 14.3 Å². The third kappa shape index (κ3) is 4.92. The Labute approximate surface area is 136 Å². The maximum absolute atomic E-state index is 11.7. The molecule has 0 bridgehead atoms. The first-order valence-corrected chi connectivity index (χ1v) is 7.54. The van der Waals surface area contributed by atoms with E-state index in [1.807, 2.05) is 30.3 Å². The van der Waals surface area contributed by atoms with Gasteiger partial charge in [-0.15, -0.1) is 0 Å². The molecule has 0 aliphatic rings. The molecular formula is C18H20N2O3. The van der Waals surface area contributed by atoms with Gasteiger partial charge in [0.2, 0.25) is 0 Å². The van der Waals surface area contributed by atoms with Gasteiger partial charge in [-0.25, -0.2) is 14.8 Å². The lowest BCUT2D eigenvalue weighted by atomic mass is 10.1. The number of esters is 1. The molecule has 2 aromatic rings. The second-order valence-corrected chi connectivity index (χ2v) is 4.92. The van der Waals surface area contributed by atoms with Gasteiger partial charge in [0.15, 0.2) is 0 Å². The molecule has 0 atom stereocenters. The third-order valence-electron chi connectivity index (χ3n) is 3.23. The van der Waals surface area contributed by atoms with Crippen molar-refractivity contribution in [2.45, 2.75) is 19.8 Å². The van der Waals surface area contributed by atoms with Crippen LogP contribution < -0.4 is 4.74 Å². The number of rotatable bonds is 7. The first-order valence-electron chi connectivity index (χ1n) is 7.54. The average molecular weight is 312 g/mol. The van der Waals surface area contributed by atoms with E-state index in [1.165, 1.54) is 19.6 Å². The molecule has 120 valence electrons. The Morgan fingerprint density at radius 2 is 2.00 bits per heavy atom. The molecule has 0 saturated carbocycles. The average Bonchev–Trinajstić information content (AvgIpc) is 2.61. The zero-order chi connectivity index (χ0) is 16.5. The number of unbranched alkanes of at least 4 members (excludes halogenated alkanes) is 1. The van der Waals surface area contributed by atoms with Crippen LogP contribution in [0.4, 0.5) is 0 Å². The first kappa shape index (κ1) is 16.7. The summed E-state index contributed by atoms with van der Waals surface area (Å²) in [5, 5.41) is 0. The first-order chi connectivity index (χ1) is 11.2. The summed E-state index contributed by atoms with van der Waals surface area (Å²) in [4.78, 5) is 19.6. The van der Waals surface area contributed by atoms with Crippen LogP contribution in [0.5, 0.6) is 5.75 Å². The van der Waals surface area contributed by atoms with Gasteiger partial charge in [0, 0.05) is 6.20 Å². The number of nitrogens with zero attached hydrogens (tertiary/aromatic N) is 2. The third-order valence-corrected chi connectivity index (χ3v) is 3.23. The van der Waals surface area contributed by atoms with Crippen LogP contribution in [0.2, 0.25) is 0 Å². The molecule has 1 aromatic heterocycles. The van der Waals surface area contributed by atoms with Gasteiger partial charge in [-0.3, -0.25) is 0 Å². The molecule has 0 unspecified atom stereocenters. The van der Waals surface area contributed by atoms with E-state index in [4.69, 9.17) is 9.47 Å². The molecule has 0 spiro atoms. The smallest absolute Gasteiger partial charge is 0.341 e. The van der Waals surface area contributed by atoms with Crippen molar-refractivity contribution in [2.24, 2.45) is 0 Å². The maximum atomic E-state index is 11.7. The minimum absolute atomic E-state index is 0.339. The molecule has 0 N–H and O–H groups in total. The van der Waals surface area contributed by atoms with E-state index in [9.17, 15) is 4.79 Å². The number of methoxy groups -OCH3 is 1. The molecule has 0 radical (unpaired) electrons. The second-order valence-electron chi connectivity index (χ2n) is 4.92. The fourth-order valence-corrected chi connectivity index (χ4v) is 1.92. The van der Waals surface area contributed by atoms with Crippen molar-refractivity contribution >= 4 is 18.1 Å². The van der Waals surface area contributed by atoms with Gasteiger partial charge in [0.25, 0.3) is 0 Å². The Bertz CT molecular complexity index is 666. The van der Waals surface area contributed by atoms with Crippen molar-refractivity contribution in [3.8, 4) is 5.75 Å². The van der Waals surface area contributed by atoms with Gasteiger partial charge in [-0.2, -0.15) is 0 Å². The molecule has 23 heavy (non-hydrogen) atoms. The Hall–Kier alpha value is -2.69. The zero-order valence-electron chi connectivity index (χ0n) is 13.4. The van der Waals surface area contributed by atoms with Gasteiger partial charge < -0.3 is 9.47 Å². The summed E-state index contributed by atoms with van der Waals surface area (Å²) in [6.07, 6.45) is 8.65. The maximum Gasteiger partial charge on any atom is 0.341 e. The molecule has 0 aliphatic heterocycles. The van der Waals surface area contributed by atoms with Crippen LogP contribution in [0, 0.1) is 0 Å². The molecular weight excluding hydrogens is 292 g/mol. The number of carbonyl (C=O) groups is 1. The summed E-state index contributed by atoms with van der Waals surface area (Å²) in [6.45, 7) is 2.86. The largest absolute Gasteiger partial charge is 0.494 e. The lowest BCUT2D eigenvalue weighted by Gasteiger charge is -2.05. The van der Waals surface area contributed by atoms with Gasteiger partial charge in [-0.05, 0) is 30.2 Å². The predicted molar refractivity (Wildman–Crippen MR) is 89.1 cm³/mol. The van der Waals surface area contributed by atoms with Crippen molar-refractivity contribution in [2.75, 3.05) is 13.7 Å². The quantitative estimate of drug-likeness (QED) is 0.577. The number of ether oxygens (including phenoxy) is 2. The van der Waals surface area contributed by atoms with Crippen molar-refractivity contribution in [3.63, 3.8) is 0 Å². The lowest BCUT2D eigenvalue weighted by molar-refractivity contribution is 0.0599. The molecule has 0 amide bonds. The number of benzene rings is 1. The highest BCUT2D eigenvalue weighted by atomic mass is 16.5. The van der Waals surface area contributed by atoms with Crippen LogP contribution in [0.1, 0.15) is 41.4 Å². The predicted octanol–water partition coefficient (Wildman–Crippen LogP) is 3.61. The van der Waals surface area contributed by atoms with Gasteiger partial charge in [0.1, 0.15) is 17.6 Å². The van der Waals surface area contributed by atoms with E-state index in [0.29, 0.717) is 11.3 Å². The normalized spacial score (nSPS) is 10.7. The van der Waals surface area contributed by atoms with Crippen LogP contribution in [-0.4, -0.2) is 29.7 Å². The molecule has 0 aliphatic carbocycles. The van der Waals surface area contributed by atoms with Crippen LogP contribution in [0.15, 0.2) is 36.8 Å². The summed E-state index contributed by atoms with van der Waals surface area (Å²) in [5.74, 6) is 0.401. The van der Waals surface area contributed by atoms with Crippen LogP contribution in [-0.2, 0) is 4.74 Å². The molecule has 5 nitrogen and oxygen atoms in total. The molecule has 0 fully saturated rings. The van der Waals surface area contributed by atoms with Crippen LogP contribution in [0.3, 0.4) is 0 Å². The minimum Gasteiger partial charge on any atom is -0.494 e. The van der Waals surface area contributed by atoms with E-state index in [-0.39, 0.29) is 0 Å². The van der Waals surface area contributed by atoms with E-state index < -0.39 is 5.97 Å².